The van der Waals surface area contributed by atoms with Crippen molar-refractivity contribution in [3.8, 4) is 5.75 Å². The van der Waals surface area contributed by atoms with Gasteiger partial charge in [0, 0.05) is 37.7 Å². The Bertz CT molecular complexity index is 1350. The molecule has 2 saturated carbocycles. The largest absolute Gasteiger partial charge is 0.483 e. The number of hydrogen-bond acceptors (Lipinski definition) is 6. The summed E-state index contributed by atoms with van der Waals surface area (Å²) in [6.07, 6.45) is 5.07. The summed E-state index contributed by atoms with van der Waals surface area (Å²) >= 11 is 1.44. The summed E-state index contributed by atoms with van der Waals surface area (Å²) in [6.45, 7) is 2.31. The Labute approximate surface area is 207 Å². The fraction of sp³-hybridized carbons (Fsp3) is 0.520. The second kappa shape index (κ2) is 9.64. The van der Waals surface area contributed by atoms with Crippen LogP contribution in [0.4, 0.5) is 4.39 Å². The van der Waals surface area contributed by atoms with Gasteiger partial charge in [0.05, 0.1) is 0 Å². The number of hydrogen-bond donors (Lipinski definition) is 0. The third-order valence-electron chi connectivity index (χ3n) is 7.72. The molecule has 2 bridgehead atoms. The fourth-order valence-corrected chi connectivity index (χ4v) is 6.81. The molecule has 186 valence electrons. The Balaban J connectivity index is 1.42. The van der Waals surface area contributed by atoms with Crippen LogP contribution in [0.1, 0.15) is 50.2 Å². The SMILES string of the molecule is CC(C1CC2CCC1C2)n1c(COc2ccccc2F)nnc1SCc1cc(=O)n(C)c(=O)n1C. The lowest BCUT2D eigenvalue weighted by atomic mass is 9.84. The van der Waals surface area contributed by atoms with E-state index in [0.717, 1.165) is 10.5 Å². The summed E-state index contributed by atoms with van der Waals surface area (Å²) in [5, 5.41) is 9.56. The van der Waals surface area contributed by atoms with E-state index in [1.54, 1.807) is 25.2 Å². The van der Waals surface area contributed by atoms with Crippen LogP contribution >= 0.6 is 11.8 Å². The van der Waals surface area contributed by atoms with E-state index in [9.17, 15) is 14.0 Å². The second-order valence-electron chi connectivity index (χ2n) is 9.73. The fourth-order valence-electron chi connectivity index (χ4n) is 5.75. The van der Waals surface area contributed by atoms with Crippen molar-refractivity contribution in [2.45, 2.75) is 56.2 Å². The van der Waals surface area contributed by atoms with E-state index < -0.39 is 5.82 Å². The molecule has 10 heteroatoms. The summed E-state index contributed by atoms with van der Waals surface area (Å²) in [5.74, 6) is 2.84. The predicted molar refractivity (Wildman–Crippen MR) is 131 cm³/mol. The van der Waals surface area contributed by atoms with Gasteiger partial charge in [-0.15, -0.1) is 10.2 Å². The molecular formula is C25H30FN5O3S. The van der Waals surface area contributed by atoms with Crippen molar-refractivity contribution in [3.05, 3.63) is 68.5 Å². The predicted octanol–water partition coefficient (Wildman–Crippen LogP) is 3.68. The van der Waals surface area contributed by atoms with E-state index in [4.69, 9.17) is 4.74 Å². The van der Waals surface area contributed by atoms with Crippen LogP contribution in [0.5, 0.6) is 5.75 Å². The first kappa shape index (κ1) is 23.8. The molecule has 0 saturated heterocycles. The zero-order valence-corrected chi connectivity index (χ0v) is 21.0. The highest BCUT2D eigenvalue weighted by Gasteiger charge is 2.43. The van der Waals surface area contributed by atoms with E-state index in [2.05, 4.69) is 21.7 Å². The average Bonchev–Trinajstić information content (AvgIpc) is 3.59. The molecule has 2 fully saturated rings. The van der Waals surface area contributed by atoms with Crippen molar-refractivity contribution in [2.24, 2.45) is 31.8 Å². The first-order valence-corrected chi connectivity index (χ1v) is 13.0. The van der Waals surface area contributed by atoms with Gasteiger partial charge in [-0.25, -0.2) is 9.18 Å². The molecule has 2 aliphatic rings. The van der Waals surface area contributed by atoms with E-state index >= 15 is 0 Å². The summed E-state index contributed by atoms with van der Waals surface area (Å²) < 4.78 is 24.6. The van der Waals surface area contributed by atoms with Gasteiger partial charge >= 0.3 is 5.69 Å². The number of ether oxygens (including phenoxy) is 1. The van der Waals surface area contributed by atoms with E-state index in [-0.39, 0.29) is 29.6 Å². The van der Waals surface area contributed by atoms with Crippen molar-refractivity contribution in [1.29, 1.82) is 0 Å². The van der Waals surface area contributed by atoms with Gasteiger partial charge in [0.2, 0.25) is 0 Å². The van der Waals surface area contributed by atoms with Gasteiger partial charge in [0.25, 0.3) is 5.56 Å². The maximum atomic E-state index is 14.1. The molecule has 5 rings (SSSR count). The minimum atomic E-state index is -0.416. The Morgan fingerprint density at radius 2 is 1.94 bits per heavy atom. The Morgan fingerprint density at radius 3 is 2.66 bits per heavy atom. The Morgan fingerprint density at radius 1 is 1.14 bits per heavy atom. The number of halogens is 1. The summed E-state index contributed by atoms with van der Waals surface area (Å²) in [7, 11) is 3.13. The Kier molecular flexibility index (Phi) is 6.57. The van der Waals surface area contributed by atoms with Gasteiger partial charge in [-0.2, -0.15) is 0 Å². The van der Waals surface area contributed by atoms with Gasteiger partial charge in [0.15, 0.2) is 22.5 Å². The number of benzene rings is 1. The lowest BCUT2D eigenvalue weighted by molar-refractivity contribution is 0.215. The van der Waals surface area contributed by atoms with Crippen molar-refractivity contribution in [1.82, 2.24) is 23.9 Å². The molecule has 35 heavy (non-hydrogen) atoms. The molecule has 2 heterocycles. The molecule has 8 nitrogen and oxygen atoms in total. The third kappa shape index (κ3) is 4.55. The molecule has 4 atom stereocenters. The summed E-state index contributed by atoms with van der Waals surface area (Å²) in [6, 6.07) is 7.97. The number of thioether (sulfide) groups is 1. The maximum Gasteiger partial charge on any atom is 0.330 e. The molecule has 3 aromatic rings. The number of aromatic nitrogens is 5. The number of fused-ring (bicyclic) bond motifs is 2. The number of para-hydroxylation sites is 1. The summed E-state index contributed by atoms with van der Waals surface area (Å²) in [4.78, 5) is 24.5. The zero-order valence-electron chi connectivity index (χ0n) is 20.2. The lowest BCUT2D eigenvalue weighted by Crippen LogP contribution is -2.37. The molecule has 0 aliphatic heterocycles. The third-order valence-corrected chi connectivity index (χ3v) is 8.70. The van der Waals surface area contributed by atoms with Crippen LogP contribution in [-0.4, -0.2) is 23.9 Å². The molecule has 2 aliphatic carbocycles. The zero-order chi connectivity index (χ0) is 24.7. The van der Waals surface area contributed by atoms with Crippen LogP contribution in [0.25, 0.3) is 0 Å². The molecule has 0 radical (unpaired) electrons. The van der Waals surface area contributed by atoms with Gasteiger partial charge in [-0.3, -0.25) is 18.5 Å². The highest BCUT2D eigenvalue weighted by atomic mass is 32.2. The van der Waals surface area contributed by atoms with E-state index in [1.807, 2.05) is 0 Å². The van der Waals surface area contributed by atoms with Crippen LogP contribution in [-0.2, 0) is 26.5 Å². The number of nitrogens with zero attached hydrogens (tertiary/aromatic N) is 5. The Hall–Kier alpha value is -2.88. The smallest absolute Gasteiger partial charge is 0.330 e. The number of rotatable bonds is 8. The molecule has 0 N–H and O–H groups in total. The molecule has 4 unspecified atom stereocenters. The van der Waals surface area contributed by atoms with Crippen LogP contribution in [0.3, 0.4) is 0 Å². The van der Waals surface area contributed by atoms with Crippen molar-refractivity contribution in [3.63, 3.8) is 0 Å². The quantitative estimate of drug-likeness (QED) is 0.440. The van der Waals surface area contributed by atoms with Gasteiger partial charge in [-0.1, -0.05) is 30.3 Å². The normalized spacial score (nSPS) is 22.0. The minimum Gasteiger partial charge on any atom is -0.483 e. The monoisotopic (exact) mass is 499 g/mol. The highest BCUT2D eigenvalue weighted by molar-refractivity contribution is 7.98. The first-order chi connectivity index (χ1) is 16.8. The second-order valence-corrected chi connectivity index (χ2v) is 10.7. The highest BCUT2D eigenvalue weighted by Crippen LogP contribution is 2.52. The van der Waals surface area contributed by atoms with Crippen molar-refractivity contribution < 1.29 is 9.13 Å². The van der Waals surface area contributed by atoms with Crippen molar-refractivity contribution >= 4 is 11.8 Å². The van der Waals surface area contributed by atoms with Crippen LogP contribution < -0.4 is 16.0 Å². The molecule has 1 aromatic carbocycles. The topological polar surface area (TPSA) is 83.9 Å². The van der Waals surface area contributed by atoms with E-state index in [0.29, 0.717) is 34.3 Å². The minimum absolute atomic E-state index is 0.101. The van der Waals surface area contributed by atoms with Crippen molar-refractivity contribution in [2.75, 3.05) is 0 Å². The molecule has 0 spiro atoms. The van der Waals surface area contributed by atoms with Gasteiger partial charge < -0.3 is 4.74 Å². The first-order valence-electron chi connectivity index (χ1n) is 12.0. The van der Waals surface area contributed by atoms with Crippen LogP contribution in [0.15, 0.2) is 45.1 Å². The molecule has 0 amide bonds. The average molecular weight is 500 g/mol. The standard InChI is InChI=1S/C25H30FN5O3S/c1-15(19-11-16-8-9-17(19)10-16)31-22(13-34-21-7-5-4-6-20(21)26)27-28-24(31)35-14-18-12-23(32)30(3)25(33)29(18)2/h4-7,12,15-17,19H,8-11,13-14H2,1-3H3. The molecular weight excluding hydrogens is 469 g/mol. The van der Waals surface area contributed by atoms with Crippen LogP contribution in [0, 0.1) is 23.6 Å². The van der Waals surface area contributed by atoms with Gasteiger partial charge in [-0.05, 0) is 56.1 Å². The van der Waals surface area contributed by atoms with Gasteiger partial charge in [0.1, 0.15) is 6.61 Å². The van der Waals surface area contributed by atoms with Crippen LogP contribution in [0.2, 0.25) is 0 Å². The maximum absolute atomic E-state index is 14.1. The summed E-state index contributed by atoms with van der Waals surface area (Å²) in [5.41, 5.74) is -0.0715. The molecule has 2 aromatic heterocycles. The van der Waals surface area contributed by atoms with E-state index in [1.165, 1.54) is 61.2 Å². The lowest BCUT2D eigenvalue weighted by Gasteiger charge is -2.30.